The number of ether oxygens (including phenoxy) is 1. The van der Waals surface area contributed by atoms with Crippen molar-refractivity contribution in [1.29, 1.82) is 0 Å². The molecule has 2 N–H and O–H groups in total. The van der Waals surface area contributed by atoms with E-state index in [-0.39, 0.29) is 29.2 Å². The molecule has 1 atom stereocenters. The number of nitrogens with one attached hydrogen (secondary N) is 2. The number of carbonyl (C=O) groups excluding carboxylic acids is 3. The van der Waals surface area contributed by atoms with Crippen molar-refractivity contribution in [2.45, 2.75) is 30.4 Å². The van der Waals surface area contributed by atoms with E-state index in [1.54, 1.807) is 49.6 Å². The second-order valence-electron chi connectivity index (χ2n) is 6.98. The predicted molar refractivity (Wildman–Crippen MR) is 137 cm³/mol. The van der Waals surface area contributed by atoms with Gasteiger partial charge in [0.15, 0.2) is 5.13 Å². The monoisotopic (exact) mass is 537 g/mol. The molecular formula is C23H21Cl2N3O4S2. The van der Waals surface area contributed by atoms with E-state index in [4.69, 9.17) is 27.9 Å². The van der Waals surface area contributed by atoms with Crippen molar-refractivity contribution in [2.24, 2.45) is 0 Å². The van der Waals surface area contributed by atoms with Gasteiger partial charge in [0.1, 0.15) is 0 Å². The van der Waals surface area contributed by atoms with Gasteiger partial charge in [-0.2, -0.15) is 0 Å². The molecule has 3 rings (SSSR count). The van der Waals surface area contributed by atoms with Gasteiger partial charge in [-0.25, -0.2) is 4.98 Å². The summed E-state index contributed by atoms with van der Waals surface area (Å²) in [6, 6.07) is 11.8. The maximum Gasteiger partial charge on any atom is 0.311 e. The first kappa shape index (κ1) is 26.0. The molecule has 0 aliphatic heterocycles. The van der Waals surface area contributed by atoms with Gasteiger partial charge in [0.05, 0.1) is 34.6 Å². The number of hydrogen-bond donors (Lipinski definition) is 2. The Morgan fingerprint density at radius 1 is 1.15 bits per heavy atom. The fourth-order valence-corrected chi connectivity index (χ4v) is 4.92. The summed E-state index contributed by atoms with van der Waals surface area (Å²) in [5, 5.41) is 7.96. The van der Waals surface area contributed by atoms with Crippen molar-refractivity contribution < 1.29 is 19.1 Å². The molecule has 7 nitrogen and oxygen atoms in total. The molecule has 1 unspecified atom stereocenters. The van der Waals surface area contributed by atoms with Gasteiger partial charge in [0.2, 0.25) is 5.91 Å². The quantitative estimate of drug-likeness (QED) is 0.259. The van der Waals surface area contributed by atoms with Gasteiger partial charge in [-0.05, 0) is 50.2 Å². The van der Waals surface area contributed by atoms with Crippen LogP contribution in [0, 0.1) is 0 Å². The molecule has 2 amide bonds. The second kappa shape index (κ2) is 12.2. The highest BCUT2D eigenvalue weighted by Gasteiger charge is 2.18. The van der Waals surface area contributed by atoms with E-state index in [1.165, 1.54) is 29.2 Å². The number of hydrogen-bond acceptors (Lipinski definition) is 7. The van der Waals surface area contributed by atoms with E-state index in [0.29, 0.717) is 33.7 Å². The number of nitrogens with zero attached hydrogens (tertiary/aromatic N) is 1. The Morgan fingerprint density at radius 2 is 1.94 bits per heavy atom. The third kappa shape index (κ3) is 7.46. The minimum Gasteiger partial charge on any atom is -0.466 e. The SMILES string of the molecule is CCOC(=O)Cc1csc(NC(=O)C(C)Sc2cccc(NC(=O)c3ccc(Cl)cc3Cl)c2)n1. The molecule has 0 saturated carbocycles. The lowest BCUT2D eigenvalue weighted by Gasteiger charge is -2.12. The second-order valence-corrected chi connectivity index (χ2v) is 10.1. The summed E-state index contributed by atoms with van der Waals surface area (Å²) in [4.78, 5) is 41.8. The third-order valence-electron chi connectivity index (χ3n) is 4.36. The molecule has 0 radical (unpaired) electrons. The van der Waals surface area contributed by atoms with Crippen molar-refractivity contribution in [2.75, 3.05) is 17.2 Å². The minimum atomic E-state index is -0.436. The number of benzene rings is 2. The molecule has 0 bridgehead atoms. The number of carbonyl (C=O) groups is 3. The van der Waals surface area contributed by atoms with Gasteiger partial charge in [-0.3, -0.25) is 14.4 Å². The van der Waals surface area contributed by atoms with Gasteiger partial charge >= 0.3 is 5.97 Å². The molecule has 0 aliphatic rings. The average Bonchev–Trinajstić information content (AvgIpc) is 3.20. The van der Waals surface area contributed by atoms with E-state index in [1.807, 2.05) is 6.07 Å². The Kier molecular flexibility index (Phi) is 9.35. The molecule has 34 heavy (non-hydrogen) atoms. The molecule has 0 spiro atoms. The number of esters is 1. The topological polar surface area (TPSA) is 97.4 Å². The van der Waals surface area contributed by atoms with Crippen LogP contribution in [-0.2, 0) is 20.7 Å². The largest absolute Gasteiger partial charge is 0.466 e. The smallest absolute Gasteiger partial charge is 0.311 e. The van der Waals surface area contributed by atoms with E-state index in [0.717, 1.165) is 4.90 Å². The third-order valence-corrected chi connectivity index (χ3v) is 6.81. The zero-order valence-corrected chi connectivity index (χ0v) is 21.4. The highest BCUT2D eigenvalue weighted by atomic mass is 35.5. The lowest BCUT2D eigenvalue weighted by Crippen LogP contribution is -2.22. The summed E-state index contributed by atoms with van der Waals surface area (Å²) in [5.41, 5.74) is 1.42. The number of rotatable bonds is 9. The molecule has 11 heteroatoms. The fourth-order valence-electron chi connectivity index (χ4n) is 2.79. The predicted octanol–water partition coefficient (Wildman–Crippen LogP) is 5.93. The molecule has 0 aliphatic carbocycles. The van der Waals surface area contributed by atoms with Gasteiger partial charge < -0.3 is 15.4 Å². The number of thiazole rings is 1. The first-order chi connectivity index (χ1) is 16.2. The zero-order valence-electron chi connectivity index (χ0n) is 18.3. The standard InChI is InChI=1S/C23H21Cl2N3O4S2/c1-3-32-20(29)11-16-12-33-23(27-16)28-21(30)13(2)34-17-6-4-5-15(10-17)26-22(31)18-8-7-14(24)9-19(18)25/h4-10,12-13H,3,11H2,1-2H3,(H,26,31)(H,27,28,30). The summed E-state index contributed by atoms with van der Waals surface area (Å²) in [7, 11) is 0. The summed E-state index contributed by atoms with van der Waals surface area (Å²) in [5.74, 6) is -0.957. The lowest BCUT2D eigenvalue weighted by atomic mass is 10.2. The zero-order chi connectivity index (χ0) is 24.7. The molecule has 2 aromatic carbocycles. The summed E-state index contributed by atoms with van der Waals surface area (Å²) in [6.07, 6.45) is 0.0598. The average molecular weight is 538 g/mol. The molecule has 1 aromatic heterocycles. The fraction of sp³-hybridized carbons (Fsp3) is 0.217. The maximum atomic E-state index is 12.6. The first-order valence-corrected chi connectivity index (χ1v) is 12.7. The summed E-state index contributed by atoms with van der Waals surface area (Å²) in [6.45, 7) is 3.81. The van der Waals surface area contributed by atoms with Gasteiger partial charge in [0.25, 0.3) is 5.91 Å². The van der Waals surface area contributed by atoms with Crippen molar-refractivity contribution in [3.05, 3.63) is 69.1 Å². The summed E-state index contributed by atoms with van der Waals surface area (Å²) >= 11 is 14.6. The Hall–Kier alpha value is -2.59. The lowest BCUT2D eigenvalue weighted by molar-refractivity contribution is -0.142. The molecule has 1 heterocycles. The van der Waals surface area contributed by atoms with Crippen LogP contribution in [-0.4, -0.2) is 34.6 Å². The number of aromatic nitrogens is 1. The van der Waals surface area contributed by atoms with Gasteiger partial charge in [-0.15, -0.1) is 23.1 Å². The van der Waals surface area contributed by atoms with Crippen LogP contribution in [0.2, 0.25) is 10.0 Å². The van der Waals surface area contributed by atoms with Crippen LogP contribution in [0.5, 0.6) is 0 Å². The van der Waals surface area contributed by atoms with Gasteiger partial charge in [-0.1, -0.05) is 29.3 Å². The maximum absolute atomic E-state index is 12.6. The van der Waals surface area contributed by atoms with E-state index >= 15 is 0 Å². The Bertz CT molecular complexity index is 1200. The van der Waals surface area contributed by atoms with Crippen LogP contribution >= 0.6 is 46.3 Å². The van der Waals surface area contributed by atoms with Gasteiger partial charge in [0, 0.05) is 21.0 Å². The molecule has 3 aromatic rings. The van der Waals surface area contributed by atoms with Crippen LogP contribution in [0.25, 0.3) is 0 Å². The number of halogens is 2. The highest BCUT2D eigenvalue weighted by Crippen LogP contribution is 2.28. The van der Waals surface area contributed by atoms with Crippen LogP contribution in [0.1, 0.15) is 29.9 Å². The normalized spacial score (nSPS) is 11.5. The van der Waals surface area contributed by atoms with E-state index in [9.17, 15) is 14.4 Å². The molecule has 0 fully saturated rings. The molecule has 0 saturated heterocycles. The van der Waals surface area contributed by atoms with E-state index in [2.05, 4.69) is 15.6 Å². The molecule has 178 valence electrons. The van der Waals surface area contributed by atoms with Crippen LogP contribution in [0.15, 0.2) is 52.7 Å². The highest BCUT2D eigenvalue weighted by molar-refractivity contribution is 8.00. The van der Waals surface area contributed by atoms with Crippen LogP contribution in [0.4, 0.5) is 10.8 Å². The number of anilines is 2. The molecular weight excluding hydrogens is 517 g/mol. The van der Waals surface area contributed by atoms with Crippen molar-refractivity contribution in [3.8, 4) is 0 Å². The first-order valence-electron chi connectivity index (χ1n) is 10.2. The van der Waals surface area contributed by atoms with E-state index < -0.39 is 5.25 Å². The Labute approximate surface area is 215 Å². The minimum absolute atomic E-state index is 0.0598. The Balaban J connectivity index is 1.57. The number of amides is 2. The van der Waals surface area contributed by atoms with Crippen molar-refractivity contribution >= 4 is 74.9 Å². The number of thioether (sulfide) groups is 1. The van der Waals surface area contributed by atoms with Crippen molar-refractivity contribution in [1.82, 2.24) is 4.98 Å². The Morgan fingerprint density at radius 3 is 2.68 bits per heavy atom. The van der Waals surface area contributed by atoms with Crippen LogP contribution < -0.4 is 10.6 Å². The van der Waals surface area contributed by atoms with Crippen molar-refractivity contribution in [3.63, 3.8) is 0 Å². The van der Waals surface area contributed by atoms with Crippen LogP contribution in [0.3, 0.4) is 0 Å². The summed E-state index contributed by atoms with van der Waals surface area (Å²) < 4.78 is 4.91.